The van der Waals surface area contributed by atoms with Crippen LogP contribution in [0.25, 0.3) is 0 Å². The molecule has 1 fully saturated rings. The second-order valence-electron chi connectivity index (χ2n) is 6.61. The van der Waals surface area contributed by atoms with Gasteiger partial charge in [-0.1, -0.05) is 43.2 Å². The van der Waals surface area contributed by atoms with Gasteiger partial charge in [0.25, 0.3) is 0 Å². The van der Waals surface area contributed by atoms with Gasteiger partial charge in [0.05, 0.1) is 5.41 Å². The average molecular weight is 377 g/mol. The van der Waals surface area contributed by atoms with E-state index >= 15 is 0 Å². The Morgan fingerprint density at radius 2 is 1.96 bits per heavy atom. The quantitative estimate of drug-likeness (QED) is 0.738. The predicted molar refractivity (Wildman–Crippen MR) is 99.9 cm³/mol. The van der Waals surface area contributed by atoms with E-state index in [0.29, 0.717) is 31.2 Å². The number of carbonyl (C=O) groups is 1. The Hall–Kier alpha value is -1.86. The lowest BCUT2D eigenvalue weighted by molar-refractivity contribution is -0.125. The van der Waals surface area contributed by atoms with Gasteiger partial charge in [-0.15, -0.1) is 10.2 Å². The molecule has 1 saturated heterocycles. The molecule has 3 rings (SSSR count). The molecule has 1 N–H and O–H groups in total. The van der Waals surface area contributed by atoms with Crippen LogP contribution in [0.4, 0.5) is 9.52 Å². The number of aryl methyl sites for hydroxylation is 1. The van der Waals surface area contributed by atoms with Crippen molar-refractivity contribution in [2.75, 3.05) is 18.5 Å². The standard InChI is InChI=1S/C19H24FN3O2S/c1-2-3-4-5-16-22-23-18(26-16)21-17(24)19(10-12-25-13-11-19)14-6-8-15(20)9-7-14/h6-9H,2-5,10-13H2,1H3,(H,21,23,24). The number of nitrogens with zero attached hydrogens (tertiary/aromatic N) is 2. The molecule has 1 aromatic carbocycles. The molecule has 7 heteroatoms. The first kappa shape index (κ1) is 18.9. The summed E-state index contributed by atoms with van der Waals surface area (Å²) in [6.07, 6.45) is 5.41. The molecular weight excluding hydrogens is 353 g/mol. The van der Waals surface area contributed by atoms with Crippen molar-refractivity contribution >= 4 is 22.4 Å². The van der Waals surface area contributed by atoms with Crippen LogP contribution in [0.3, 0.4) is 0 Å². The first-order valence-electron chi connectivity index (χ1n) is 9.12. The number of aromatic nitrogens is 2. The van der Waals surface area contributed by atoms with Gasteiger partial charge in [0, 0.05) is 19.6 Å². The maximum atomic E-state index is 13.3. The molecule has 0 atom stereocenters. The van der Waals surface area contributed by atoms with Crippen LogP contribution in [-0.4, -0.2) is 29.3 Å². The van der Waals surface area contributed by atoms with Crippen molar-refractivity contribution in [3.05, 3.63) is 40.7 Å². The van der Waals surface area contributed by atoms with Crippen LogP contribution in [0.2, 0.25) is 0 Å². The lowest BCUT2D eigenvalue weighted by atomic mass is 9.73. The second kappa shape index (κ2) is 8.68. The van der Waals surface area contributed by atoms with E-state index in [1.165, 1.54) is 23.5 Å². The van der Waals surface area contributed by atoms with Crippen LogP contribution < -0.4 is 5.32 Å². The van der Waals surface area contributed by atoms with Crippen LogP contribution >= 0.6 is 11.3 Å². The van der Waals surface area contributed by atoms with Crippen molar-refractivity contribution in [3.8, 4) is 0 Å². The summed E-state index contributed by atoms with van der Waals surface area (Å²) >= 11 is 1.43. The van der Waals surface area contributed by atoms with E-state index in [1.807, 2.05) is 0 Å². The Labute approximate surface area is 157 Å². The van der Waals surface area contributed by atoms with Gasteiger partial charge in [0.1, 0.15) is 10.8 Å². The lowest BCUT2D eigenvalue weighted by Crippen LogP contribution is -2.44. The summed E-state index contributed by atoms with van der Waals surface area (Å²) in [7, 11) is 0. The summed E-state index contributed by atoms with van der Waals surface area (Å²) in [5.74, 6) is -0.430. The van der Waals surface area contributed by atoms with Gasteiger partial charge in [0.15, 0.2) is 0 Å². The first-order chi connectivity index (χ1) is 12.6. The Balaban J connectivity index is 1.75. The van der Waals surface area contributed by atoms with E-state index in [-0.39, 0.29) is 11.7 Å². The highest BCUT2D eigenvalue weighted by Crippen LogP contribution is 2.36. The molecule has 1 aliphatic rings. The second-order valence-corrected chi connectivity index (χ2v) is 7.68. The summed E-state index contributed by atoms with van der Waals surface area (Å²) in [5.41, 5.74) is 0.0902. The van der Waals surface area contributed by atoms with Crippen molar-refractivity contribution in [1.82, 2.24) is 10.2 Å². The van der Waals surface area contributed by atoms with E-state index in [4.69, 9.17) is 4.74 Å². The topological polar surface area (TPSA) is 64.1 Å². The lowest BCUT2D eigenvalue weighted by Gasteiger charge is -2.35. The zero-order valence-electron chi connectivity index (χ0n) is 15.0. The fourth-order valence-electron chi connectivity index (χ4n) is 3.28. The number of halogens is 1. The first-order valence-corrected chi connectivity index (χ1v) is 9.93. The number of ether oxygens (including phenoxy) is 1. The van der Waals surface area contributed by atoms with Crippen molar-refractivity contribution in [2.45, 2.75) is 50.9 Å². The van der Waals surface area contributed by atoms with E-state index in [9.17, 15) is 9.18 Å². The SMILES string of the molecule is CCCCCc1nnc(NC(=O)C2(c3ccc(F)cc3)CCOCC2)s1. The molecule has 2 heterocycles. The van der Waals surface area contributed by atoms with Gasteiger partial charge in [-0.05, 0) is 37.0 Å². The minimum Gasteiger partial charge on any atom is -0.381 e. The maximum Gasteiger partial charge on any atom is 0.237 e. The molecule has 1 aliphatic heterocycles. The Morgan fingerprint density at radius 1 is 1.23 bits per heavy atom. The minimum atomic E-state index is -0.722. The molecule has 0 radical (unpaired) electrons. The largest absolute Gasteiger partial charge is 0.381 e. The van der Waals surface area contributed by atoms with Crippen molar-refractivity contribution < 1.29 is 13.9 Å². The molecule has 2 aromatic rings. The molecule has 0 aliphatic carbocycles. The van der Waals surface area contributed by atoms with E-state index in [2.05, 4.69) is 22.4 Å². The van der Waals surface area contributed by atoms with Crippen LogP contribution in [0.15, 0.2) is 24.3 Å². The van der Waals surface area contributed by atoms with E-state index < -0.39 is 5.41 Å². The number of anilines is 1. The minimum absolute atomic E-state index is 0.122. The van der Waals surface area contributed by atoms with Gasteiger partial charge < -0.3 is 4.74 Å². The zero-order chi connectivity index (χ0) is 18.4. The van der Waals surface area contributed by atoms with Gasteiger partial charge in [-0.2, -0.15) is 0 Å². The monoisotopic (exact) mass is 377 g/mol. The fourth-order valence-corrected chi connectivity index (χ4v) is 4.06. The summed E-state index contributed by atoms with van der Waals surface area (Å²) in [5, 5.41) is 12.7. The third kappa shape index (κ3) is 4.27. The van der Waals surface area contributed by atoms with Crippen molar-refractivity contribution in [1.29, 1.82) is 0 Å². The number of nitrogens with one attached hydrogen (secondary N) is 1. The highest BCUT2D eigenvalue weighted by molar-refractivity contribution is 7.15. The molecule has 0 unspecified atom stereocenters. The Kier molecular flexibility index (Phi) is 6.32. The third-order valence-electron chi connectivity index (χ3n) is 4.86. The number of benzene rings is 1. The number of unbranched alkanes of at least 4 members (excludes halogenated alkanes) is 2. The average Bonchev–Trinajstić information content (AvgIpc) is 3.10. The summed E-state index contributed by atoms with van der Waals surface area (Å²) in [6, 6.07) is 6.18. The molecule has 1 amide bonds. The summed E-state index contributed by atoms with van der Waals surface area (Å²) in [4.78, 5) is 13.1. The highest BCUT2D eigenvalue weighted by Gasteiger charge is 2.42. The number of amides is 1. The van der Waals surface area contributed by atoms with Gasteiger partial charge in [-0.25, -0.2) is 4.39 Å². The summed E-state index contributed by atoms with van der Waals surface area (Å²) < 4.78 is 18.8. The van der Waals surface area contributed by atoms with Gasteiger partial charge >= 0.3 is 0 Å². The summed E-state index contributed by atoms with van der Waals surface area (Å²) in [6.45, 7) is 3.17. The van der Waals surface area contributed by atoms with E-state index in [1.54, 1.807) is 12.1 Å². The number of rotatable bonds is 7. The molecular formula is C19H24FN3O2S. The fraction of sp³-hybridized carbons (Fsp3) is 0.526. The predicted octanol–water partition coefficient (Wildman–Crippen LogP) is 4.10. The van der Waals surface area contributed by atoms with Crippen molar-refractivity contribution in [3.63, 3.8) is 0 Å². The van der Waals surface area contributed by atoms with Gasteiger partial charge in [-0.3, -0.25) is 10.1 Å². The van der Waals surface area contributed by atoms with Crippen molar-refractivity contribution in [2.24, 2.45) is 0 Å². The molecule has 0 bridgehead atoms. The Bertz CT molecular complexity index is 727. The highest BCUT2D eigenvalue weighted by atomic mass is 32.1. The smallest absolute Gasteiger partial charge is 0.237 e. The number of hydrogen-bond donors (Lipinski definition) is 1. The van der Waals surface area contributed by atoms with Crippen LogP contribution in [0.1, 0.15) is 49.6 Å². The molecule has 1 aromatic heterocycles. The van der Waals surface area contributed by atoms with E-state index in [0.717, 1.165) is 36.3 Å². The zero-order valence-corrected chi connectivity index (χ0v) is 15.8. The molecule has 0 saturated carbocycles. The molecule has 5 nitrogen and oxygen atoms in total. The number of hydrogen-bond acceptors (Lipinski definition) is 5. The molecule has 140 valence electrons. The third-order valence-corrected chi connectivity index (χ3v) is 5.76. The normalized spacial score (nSPS) is 16.4. The maximum absolute atomic E-state index is 13.3. The molecule has 26 heavy (non-hydrogen) atoms. The molecule has 0 spiro atoms. The van der Waals surface area contributed by atoms with Crippen LogP contribution in [0.5, 0.6) is 0 Å². The van der Waals surface area contributed by atoms with Crippen LogP contribution in [0, 0.1) is 5.82 Å². The number of carbonyl (C=O) groups excluding carboxylic acids is 1. The van der Waals surface area contributed by atoms with Crippen LogP contribution in [-0.2, 0) is 21.4 Å². The Morgan fingerprint density at radius 3 is 2.65 bits per heavy atom. The van der Waals surface area contributed by atoms with Gasteiger partial charge in [0.2, 0.25) is 11.0 Å².